The molecule has 1 aliphatic heterocycles. The number of ether oxygens (including phenoxy) is 2. The Bertz CT molecular complexity index is 1150. The van der Waals surface area contributed by atoms with E-state index in [9.17, 15) is 9.59 Å². The van der Waals surface area contributed by atoms with Crippen molar-refractivity contribution in [3.05, 3.63) is 87.2 Å². The molecule has 0 aromatic heterocycles. The zero-order valence-electron chi connectivity index (χ0n) is 19.3. The topological polar surface area (TPSA) is 64.6 Å². The Kier molecular flexibility index (Phi) is 6.61. The van der Waals surface area contributed by atoms with E-state index < -0.39 is 11.9 Å². The fraction of sp³-hybridized carbons (Fsp3) is 0.333. The second-order valence-corrected chi connectivity index (χ2v) is 9.20. The maximum absolute atomic E-state index is 13.6. The molecule has 6 heteroatoms. The molecule has 0 fully saturated rings. The van der Waals surface area contributed by atoms with Crippen LogP contribution >= 0.6 is 11.6 Å². The third-order valence-corrected chi connectivity index (χ3v) is 6.43. The molecule has 1 heterocycles. The normalized spacial score (nSPS) is 20.5. The third-order valence-electron chi connectivity index (χ3n) is 6.18. The predicted molar refractivity (Wildman–Crippen MR) is 128 cm³/mol. The quantitative estimate of drug-likeness (QED) is 0.577. The van der Waals surface area contributed by atoms with Gasteiger partial charge in [0, 0.05) is 34.0 Å². The fourth-order valence-electron chi connectivity index (χ4n) is 4.77. The summed E-state index contributed by atoms with van der Waals surface area (Å²) < 4.78 is 11.2. The van der Waals surface area contributed by atoms with Crippen molar-refractivity contribution in [2.75, 3.05) is 7.11 Å². The molecule has 2 aromatic rings. The molecule has 0 amide bonds. The number of ketones is 1. The van der Waals surface area contributed by atoms with Crippen LogP contribution in [0.15, 0.2) is 71.1 Å². The first-order chi connectivity index (χ1) is 15.8. The summed E-state index contributed by atoms with van der Waals surface area (Å²) in [6.07, 6.45) is 0.750. The van der Waals surface area contributed by atoms with E-state index in [1.165, 1.54) is 0 Å². The summed E-state index contributed by atoms with van der Waals surface area (Å²) in [4.78, 5) is 26.8. The summed E-state index contributed by atoms with van der Waals surface area (Å²) in [5.41, 5.74) is 4.46. The highest BCUT2D eigenvalue weighted by atomic mass is 35.5. The summed E-state index contributed by atoms with van der Waals surface area (Å²) in [6.45, 7) is 5.49. The largest absolute Gasteiger partial charge is 0.496 e. The second kappa shape index (κ2) is 9.44. The lowest BCUT2D eigenvalue weighted by Crippen LogP contribution is -2.36. The van der Waals surface area contributed by atoms with Gasteiger partial charge in [-0.2, -0.15) is 0 Å². The smallest absolute Gasteiger partial charge is 0.337 e. The molecule has 5 nitrogen and oxygen atoms in total. The lowest BCUT2D eigenvalue weighted by Gasteiger charge is -2.37. The number of Topliss-reactive ketones (excluding diaryl/α,β-unsaturated/α-hetero) is 1. The van der Waals surface area contributed by atoms with E-state index >= 15 is 0 Å². The summed E-state index contributed by atoms with van der Waals surface area (Å²) in [5.74, 6) is -0.294. The number of para-hydroxylation sites is 1. The van der Waals surface area contributed by atoms with Gasteiger partial charge in [-0.1, -0.05) is 41.9 Å². The highest BCUT2D eigenvalue weighted by molar-refractivity contribution is 6.30. The Balaban J connectivity index is 1.82. The van der Waals surface area contributed by atoms with Gasteiger partial charge in [-0.15, -0.1) is 0 Å². The van der Waals surface area contributed by atoms with Gasteiger partial charge in [-0.25, -0.2) is 4.79 Å². The Morgan fingerprint density at radius 3 is 2.45 bits per heavy atom. The highest BCUT2D eigenvalue weighted by Gasteiger charge is 2.42. The van der Waals surface area contributed by atoms with Gasteiger partial charge in [-0.3, -0.25) is 4.79 Å². The van der Waals surface area contributed by atoms with Crippen molar-refractivity contribution in [3.63, 3.8) is 0 Å². The summed E-state index contributed by atoms with van der Waals surface area (Å²) in [5, 5.41) is 4.04. The molecule has 1 N–H and O–H groups in total. The van der Waals surface area contributed by atoms with Gasteiger partial charge in [-0.05, 0) is 56.9 Å². The van der Waals surface area contributed by atoms with Crippen molar-refractivity contribution in [3.8, 4) is 5.75 Å². The highest BCUT2D eigenvalue weighted by Crippen LogP contribution is 2.47. The monoisotopic (exact) mass is 465 g/mol. The average molecular weight is 466 g/mol. The van der Waals surface area contributed by atoms with E-state index in [0.717, 1.165) is 16.8 Å². The van der Waals surface area contributed by atoms with Crippen LogP contribution < -0.4 is 10.1 Å². The van der Waals surface area contributed by atoms with E-state index in [-0.39, 0.29) is 17.8 Å². The minimum Gasteiger partial charge on any atom is -0.496 e. The zero-order valence-corrected chi connectivity index (χ0v) is 20.0. The van der Waals surface area contributed by atoms with Crippen molar-refractivity contribution >= 4 is 23.4 Å². The lowest BCUT2D eigenvalue weighted by molar-refractivity contribution is -0.143. The minimum absolute atomic E-state index is 0.0157. The van der Waals surface area contributed by atoms with Crippen LogP contribution in [0.1, 0.15) is 56.6 Å². The Morgan fingerprint density at radius 1 is 1.09 bits per heavy atom. The first-order valence-corrected chi connectivity index (χ1v) is 11.5. The number of allylic oxidation sites excluding steroid dienone is 3. The van der Waals surface area contributed by atoms with Gasteiger partial charge in [0.25, 0.3) is 0 Å². The molecule has 4 rings (SSSR count). The van der Waals surface area contributed by atoms with Crippen LogP contribution in [0.2, 0.25) is 5.02 Å². The summed E-state index contributed by atoms with van der Waals surface area (Å²) in [6, 6.07) is 15.2. The molecule has 172 valence electrons. The van der Waals surface area contributed by atoms with E-state index in [1.807, 2.05) is 69.3 Å². The van der Waals surface area contributed by atoms with Crippen LogP contribution in [0.25, 0.3) is 0 Å². The van der Waals surface area contributed by atoms with Crippen LogP contribution in [-0.4, -0.2) is 25.0 Å². The number of carbonyl (C=O) groups excluding carboxylic acids is 2. The van der Waals surface area contributed by atoms with Gasteiger partial charge in [0.1, 0.15) is 5.75 Å². The number of carbonyl (C=O) groups is 2. The van der Waals surface area contributed by atoms with Crippen molar-refractivity contribution in [2.24, 2.45) is 0 Å². The maximum atomic E-state index is 13.6. The Morgan fingerprint density at radius 2 is 1.79 bits per heavy atom. The van der Waals surface area contributed by atoms with E-state index in [1.54, 1.807) is 7.11 Å². The molecule has 2 atom stereocenters. The third kappa shape index (κ3) is 4.55. The molecule has 2 aromatic carbocycles. The first kappa shape index (κ1) is 23.1. The molecule has 1 aliphatic carbocycles. The van der Waals surface area contributed by atoms with Gasteiger partial charge >= 0.3 is 5.97 Å². The molecule has 0 saturated heterocycles. The average Bonchev–Trinajstić information content (AvgIpc) is 2.77. The van der Waals surface area contributed by atoms with Gasteiger partial charge < -0.3 is 14.8 Å². The Hall–Kier alpha value is -3.05. The number of methoxy groups -OCH3 is 1. The SMILES string of the molecule is COc1ccccc1C1C(C(=O)OC(C)C)=C(C)NC2=C1C(=O)CC(c1ccc(Cl)cc1)C2. The van der Waals surface area contributed by atoms with Gasteiger partial charge in [0.2, 0.25) is 0 Å². The van der Waals surface area contributed by atoms with E-state index in [4.69, 9.17) is 21.1 Å². The molecule has 0 radical (unpaired) electrons. The molecule has 0 saturated carbocycles. The standard InChI is InChI=1S/C27H28ClNO4/c1-15(2)33-27(31)24-16(3)29-21-13-18(17-9-11-19(28)12-10-17)14-22(30)26(21)25(24)20-7-5-6-8-23(20)32-4/h5-12,15,18,25,29H,13-14H2,1-4H3. The van der Waals surface area contributed by atoms with Crippen LogP contribution in [0.4, 0.5) is 0 Å². The number of rotatable bonds is 5. The number of nitrogens with one attached hydrogen (secondary N) is 1. The van der Waals surface area contributed by atoms with Crippen molar-refractivity contribution in [1.29, 1.82) is 0 Å². The minimum atomic E-state index is -0.553. The lowest BCUT2D eigenvalue weighted by atomic mass is 9.71. The molecular weight excluding hydrogens is 438 g/mol. The number of esters is 1. The zero-order chi connectivity index (χ0) is 23.7. The molecule has 0 bridgehead atoms. The van der Waals surface area contributed by atoms with Crippen LogP contribution in [-0.2, 0) is 14.3 Å². The maximum Gasteiger partial charge on any atom is 0.337 e. The number of halogens is 1. The van der Waals surface area contributed by atoms with Gasteiger partial charge in [0.05, 0.1) is 24.7 Å². The fourth-order valence-corrected chi connectivity index (χ4v) is 4.90. The number of hydrogen-bond donors (Lipinski definition) is 1. The van der Waals surface area contributed by atoms with E-state index in [2.05, 4.69) is 5.32 Å². The van der Waals surface area contributed by atoms with Gasteiger partial charge in [0.15, 0.2) is 5.78 Å². The molecule has 2 unspecified atom stereocenters. The summed E-state index contributed by atoms with van der Waals surface area (Å²) in [7, 11) is 1.59. The Labute approximate surface area is 199 Å². The second-order valence-electron chi connectivity index (χ2n) is 8.76. The van der Waals surface area contributed by atoms with E-state index in [0.29, 0.717) is 40.5 Å². The number of benzene rings is 2. The molecule has 2 aliphatic rings. The van der Waals surface area contributed by atoms with Crippen molar-refractivity contribution in [2.45, 2.75) is 51.6 Å². The van der Waals surface area contributed by atoms with Crippen LogP contribution in [0, 0.1) is 0 Å². The van der Waals surface area contributed by atoms with Crippen LogP contribution in [0.5, 0.6) is 5.75 Å². The molecular formula is C27H28ClNO4. The molecule has 33 heavy (non-hydrogen) atoms. The van der Waals surface area contributed by atoms with Crippen molar-refractivity contribution < 1.29 is 19.1 Å². The molecule has 0 spiro atoms. The van der Waals surface area contributed by atoms with Crippen LogP contribution in [0.3, 0.4) is 0 Å². The number of dihydropyridines is 1. The first-order valence-electron chi connectivity index (χ1n) is 11.1. The summed E-state index contributed by atoms with van der Waals surface area (Å²) >= 11 is 6.06. The number of hydrogen-bond acceptors (Lipinski definition) is 5. The predicted octanol–water partition coefficient (Wildman–Crippen LogP) is 5.66. The van der Waals surface area contributed by atoms with Crippen molar-refractivity contribution in [1.82, 2.24) is 5.32 Å².